The lowest BCUT2D eigenvalue weighted by atomic mass is 10.0. The van der Waals surface area contributed by atoms with E-state index in [0.29, 0.717) is 0 Å². The predicted molar refractivity (Wildman–Crippen MR) is 53.3 cm³/mol. The van der Waals surface area contributed by atoms with Crippen LogP contribution in [0.5, 0.6) is 0 Å². The molecule has 2 atom stereocenters. The van der Waals surface area contributed by atoms with Crippen LogP contribution in [0, 0.1) is 5.92 Å². The molecule has 2 unspecified atom stereocenters. The van der Waals surface area contributed by atoms with Crippen molar-refractivity contribution in [1.29, 1.82) is 0 Å². The first-order valence-electron chi connectivity index (χ1n) is 4.83. The fourth-order valence-electron chi connectivity index (χ4n) is 1.11. The molecule has 0 heterocycles. The van der Waals surface area contributed by atoms with Gasteiger partial charge in [-0.2, -0.15) is 5.90 Å². The molecule has 0 aromatic rings. The van der Waals surface area contributed by atoms with Crippen LogP contribution in [0.15, 0.2) is 0 Å². The van der Waals surface area contributed by atoms with Gasteiger partial charge in [-0.15, -0.1) is 4.18 Å². The zero-order valence-electron chi connectivity index (χ0n) is 8.73. The lowest BCUT2D eigenvalue weighted by Crippen LogP contribution is -2.23. The third-order valence-electron chi connectivity index (χ3n) is 2.11. The molecule has 0 fully saturated rings. The maximum atomic E-state index is 10.7. The first-order valence-corrected chi connectivity index (χ1v) is 6.16. The molecule has 5 nitrogen and oxygen atoms in total. The van der Waals surface area contributed by atoms with Crippen LogP contribution in [-0.4, -0.2) is 6.61 Å². The Morgan fingerprint density at radius 1 is 1.43 bits per heavy atom. The van der Waals surface area contributed by atoms with E-state index in [0.717, 1.165) is 25.7 Å². The van der Waals surface area contributed by atoms with Crippen LogP contribution < -0.4 is 5.90 Å². The minimum absolute atomic E-state index is 0.149. The summed E-state index contributed by atoms with van der Waals surface area (Å²) in [6, 6.07) is 0. The second kappa shape index (κ2) is 7.30. The van der Waals surface area contributed by atoms with Crippen LogP contribution in [0.2, 0.25) is 0 Å². The van der Waals surface area contributed by atoms with Crippen molar-refractivity contribution in [3.8, 4) is 0 Å². The molecule has 0 spiro atoms. The fraction of sp³-hybridized carbons (Fsp3) is 1.00. The smallest absolute Gasteiger partial charge is 0.158 e. The number of rotatable bonds is 8. The van der Waals surface area contributed by atoms with Gasteiger partial charge in [-0.1, -0.05) is 33.1 Å². The van der Waals surface area contributed by atoms with Gasteiger partial charge < -0.3 is 0 Å². The number of unbranched alkanes of at least 4 members (excludes halogenated alkanes) is 1. The Bertz CT molecular complexity index is 188. The molecular formula is C8H19NO4S+. The molecule has 14 heavy (non-hydrogen) atoms. The normalized spacial score (nSPS) is 17.7. The average molecular weight is 225 g/mol. The molecule has 0 aliphatic rings. The van der Waals surface area contributed by atoms with Crippen molar-refractivity contribution in [2.75, 3.05) is 6.61 Å². The van der Waals surface area contributed by atoms with E-state index < -0.39 is 10.8 Å². The van der Waals surface area contributed by atoms with Crippen molar-refractivity contribution in [2.45, 2.75) is 39.5 Å². The topological polar surface area (TPSA) is 81.5 Å². The van der Waals surface area contributed by atoms with Gasteiger partial charge in [0.2, 0.25) is 0 Å². The molecule has 6 heteroatoms. The first kappa shape index (κ1) is 14.0. The van der Waals surface area contributed by atoms with Gasteiger partial charge in [0.05, 0.1) is 0 Å². The van der Waals surface area contributed by atoms with Gasteiger partial charge in [0.15, 0.2) is 0 Å². The van der Waals surface area contributed by atoms with Crippen molar-refractivity contribution in [1.82, 2.24) is 0 Å². The summed E-state index contributed by atoms with van der Waals surface area (Å²) in [6.07, 6.45) is 4.02. The predicted octanol–water partition coefficient (Wildman–Crippen LogP) is 1.78. The highest BCUT2D eigenvalue weighted by molar-refractivity contribution is 7.88. The van der Waals surface area contributed by atoms with Gasteiger partial charge in [0.1, 0.15) is 11.2 Å². The van der Waals surface area contributed by atoms with Crippen molar-refractivity contribution >= 4 is 10.8 Å². The summed E-state index contributed by atoms with van der Waals surface area (Å²) in [4.78, 5) is 0. The van der Waals surface area contributed by atoms with Gasteiger partial charge in [-0.25, -0.2) is 0 Å². The van der Waals surface area contributed by atoms with Crippen molar-refractivity contribution < 1.29 is 17.2 Å². The zero-order valence-corrected chi connectivity index (χ0v) is 9.55. The zero-order chi connectivity index (χ0) is 11.0. The largest absolute Gasteiger partial charge is 0.564 e. The van der Waals surface area contributed by atoms with E-state index in [1.807, 2.05) is 6.92 Å². The van der Waals surface area contributed by atoms with Crippen LogP contribution in [0.4, 0.5) is 0 Å². The molecule has 1 radical (unpaired) electrons. The molecule has 0 bridgehead atoms. The third-order valence-corrected chi connectivity index (χ3v) is 2.77. The van der Waals surface area contributed by atoms with Crippen molar-refractivity contribution in [3.05, 3.63) is 0 Å². The monoisotopic (exact) mass is 225 g/mol. The molecular weight excluding hydrogens is 206 g/mol. The van der Waals surface area contributed by atoms with E-state index in [-0.39, 0.29) is 12.5 Å². The van der Waals surface area contributed by atoms with Gasteiger partial charge in [-0.05, 0) is 16.6 Å². The highest BCUT2D eigenvalue weighted by atomic mass is 32.3. The van der Waals surface area contributed by atoms with Crippen LogP contribution >= 0.6 is 0 Å². The van der Waals surface area contributed by atoms with Crippen LogP contribution in [0.25, 0.3) is 0 Å². The van der Waals surface area contributed by atoms with Gasteiger partial charge in [0, 0.05) is 4.21 Å². The minimum atomic E-state index is -3.97. The highest BCUT2D eigenvalue weighted by Gasteiger charge is 2.33. The molecule has 0 aliphatic carbocycles. The fourth-order valence-corrected chi connectivity index (χ4v) is 1.52. The SMILES string of the molecule is CCCCC(CC)CO[S+]([O])(=O)ON. The van der Waals surface area contributed by atoms with Crippen LogP contribution in [0.3, 0.4) is 0 Å². The first-order chi connectivity index (χ1) is 6.55. The maximum absolute atomic E-state index is 10.7. The molecule has 0 saturated carbocycles. The molecule has 0 aromatic carbocycles. The Hall–Kier alpha value is -0.0100. The maximum Gasteiger partial charge on any atom is 0.564 e. The summed E-state index contributed by atoms with van der Waals surface area (Å²) in [6.45, 7) is 4.24. The minimum Gasteiger partial charge on any atom is -0.158 e. The summed E-state index contributed by atoms with van der Waals surface area (Å²) in [5, 5.41) is 0. The molecule has 85 valence electrons. The van der Waals surface area contributed by atoms with Crippen molar-refractivity contribution in [2.24, 2.45) is 11.8 Å². The van der Waals surface area contributed by atoms with Crippen LogP contribution in [0.1, 0.15) is 39.5 Å². The molecule has 0 saturated heterocycles. The number of hydrogen-bond donors (Lipinski definition) is 1. The second-order valence-electron chi connectivity index (χ2n) is 3.21. The Labute approximate surface area is 86.6 Å². The Morgan fingerprint density at radius 2 is 2.07 bits per heavy atom. The Kier molecular flexibility index (Phi) is 7.30. The average Bonchev–Trinajstić information content (AvgIpc) is 2.18. The lowest BCUT2D eigenvalue weighted by molar-refractivity contribution is 0.132. The van der Waals surface area contributed by atoms with Gasteiger partial charge in [-0.3, -0.25) is 0 Å². The summed E-state index contributed by atoms with van der Waals surface area (Å²) < 4.78 is 29.7. The quantitative estimate of drug-likeness (QED) is 0.504. The van der Waals surface area contributed by atoms with Gasteiger partial charge >= 0.3 is 10.8 Å². The van der Waals surface area contributed by atoms with Gasteiger partial charge in [0.25, 0.3) is 0 Å². The molecule has 0 aliphatic heterocycles. The van der Waals surface area contributed by atoms with E-state index in [9.17, 15) is 8.76 Å². The summed E-state index contributed by atoms with van der Waals surface area (Å²) in [5.41, 5.74) is 0. The molecule has 0 aromatic heterocycles. The standard InChI is InChI=1S/C8H19NO4S/c1-3-5-6-8(4-2)7-12-14(10,11)13-9/h8H,3-7,9H2,1-2H3/q+1. The number of nitrogens with two attached hydrogens (primary N) is 1. The molecule has 2 N–H and O–H groups in total. The van der Waals surface area contributed by atoms with E-state index in [2.05, 4.69) is 21.3 Å². The highest BCUT2D eigenvalue weighted by Crippen LogP contribution is 2.15. The Morgan fingerprint density at radius 3 is 2.50 bits per heavy atom. The van der Waals surface area contributed by atoms with E-state index in [4.69, 9.17) is 0 Å². The third kappa shape index (κ3) is 6.44. The Balaban J connectivity index is 3.77. The van der Waals surface area contributed by atoms with E-state index in [1.54, 1.807) is 0 Å². The summed E-state index contributed by atoms with van der Waals surface area (Å²) in [7, 11) is -3.97. The second-order valence-corrected chi connectivity index (χ2v) is 4.45. The van der Waals surface area contributed by atoms with Crippen LogP contribution in [-0.2, 0) is 28.0 Å². The van der Waals surface area contributed by atoms with E-state index >= 15 is 0 Å². The van der Waals surface area contributed by atoms with E-state index in [1.165, 1.54) is 0 Å². The summed E-state index contributed by atoms with van der Waals surface area (Å²) >= 11 is 0. The molecule has 0 amide bonds. The number of hydrogen-bond acceptors (Lipinski definition) is 4. The molecule has 0 rings (SSSR count). The lowest BCUT2D eigenvalue weighted by Gasteiger charge is -2.10. The van der Waals surface area contributed by atoms with Crippen molar-refractivity contribution in [3.63, 3.8) is 0 Å². The summed E-state index contributed by atoms with van der Waals surface area (Å²) in [5.74, 6) is 4.77.